The van der Waals surface area contributed by atoms with Crippen LogP contribution in [-0.2, 0) is 0 Å². The van der Waals surface area contributed by atoms with Crippen LogP contribution in [0, 0.1) is 5.92 Å². The van der Waals surface area contributed by atoms with Gasteiger partial charge in [0, 0.05) is 6.20 Å². The van der Waals surface area contributed by atoms with E-state index in [1.807, 2.05) is 12.1 Å². The van der Waals surface area contributed by atoms with E-state index < -0.39 is 0 Å². The van der Waals surface area contributed by atoms with Gasteiger partial charge in [0.25, 0.3) is 0 Å². The summed E-state index contributed by atoms with van der Waals surface area (Å²) < 4.78 is 5.66. The number of hydrogen-bond donors (Lipinski definition) is 0. The Hall–Kier alpha value is -1.05. The standard InChI is InChI=1S/C10H13NO/c1-8-5-10(6-8)12-9-3-2-4-11-7-9/h2-4,7-8,10H,5-6H2,1H3. The van der Waals surface area contributed by atoms with Crippen molar-refractivity contribution in [2.24, 2.45) is 5.92 Å². The molecule has 0 N–H and O–H groups in total. The van der Waals surface area contributed by atoms with Crippen molar-refractivity contribution >= 4 is 0 Å². The van der Waals surface area contributed by atoms with Crippen molar-refractivity contribution in [2.45, 2.75) is 25.9 Å². The maximum absolute atomic E-state index is 5.66. The average Bonchev–Trinajstić information content (AvgIpc) is 2.04. The maximum Gasteiger partial charge on any atom is 0.137 e. The molecule has 0 atom stereocenters. The Morgan fingerprint density at radius 2 is 2.33 bits per heavy atom. The molecular weight excluding hydrogens is 150 g/mol. The van der Waals surface area contributed by atoms with Crippen molar-refractivity contribution in [1.82, 2.24) is 4.98 Å². The first-order chi connectivity index (χ1) is 5.84. The highest BCUT2D eigenvalue weighted by atomic mass is 16.5. The molecule has 0 radical (unpaired) electrons. The van der Waals surface area contributed by atoms with Gasteiger partial charge in [-0.2, -0.15) is 0 Å². The van der Waals surface area contributed by atoms with Crippen LogP contribution in [0.2, 0.25) is 0 Å². The molecule has 64 valence electrons. The zero-order valence-electron chi connectivity index (χ0n) is 7.23. The number of aromatic nitrogens is 1. The van der Waals surface area contributed by atoms with Gasteiger partial charge < -0.3 is 4.74 Å². The van der Waals surface area contributed by atoms with Crippen LogP contribution in [0.4, 0.5) is 0 Å². The molecule has 1 aliphatic rings. The molecule has 0 bridgehead atoms. The van der Waals surface area contributed by atoms with E-state index in [-0.39, 0.29) is 0 Å². The third-order valence-corrected chi connectivity index (χ3v) is 2.27. The quantitative estimate of drug-likeness (QED) is 0.667. The largest absolute Gasteiger partial charge is 0.489 e. The van der Waals surface area contributed by atoms with E-state index in [0.717, 1.165) is 11.7 Å². The van der Waals surface area contributed by atoms with Gasteiger partial charge in [-0.05, 0) is 30.9 Å². The lowest BCUT2D eigenvalue weighted by molar-refractivity contribution is 0.0735. The summed E-state index contributed by atoms with van der Waals surface area (Å²) in [5.74, 6) is 1.74. The first kappa shape index (κ1) is 7.59. The van der Waals surface area contributed by atoms with Gasteiger partial charge in [0.1, 0.15) is 5.75 Å². The monoisotopic (exact) mass is 163 g/mol. The molecule has 12 heavy (non-hydrogen) atoms. The zero-order valence-corrected chi connectivity index (χ0v) is 7.23. The maximum atomic E-state index is 5.66. The second kappa shape index (κ2) is 3.13. The van der Waals surface area contributed by atoms with E-state index in [2.05, 4.69) is 11.9 Å². The molecule has 0 aliphatic heterocycles. The SMILES string of the molecule is CC1CC(Oc2cccnc2)C1. The summed E-state index contributed by atoms with van der Waals surface area (Å²) in [7, 11) is 0. The highest BCUT2D eigenvalue weighted by Gasteiger charge is 2.26. The predicted molar refractivity (Wildman–Crippen MR) is 47.1 cm³/mol. The Balaban J connectivity index is 1.88. The minimum Gasteiger partial charge on any atom is -0.489 e. The van der Waals surface area contributed by atoms with Crippen molar-refractivity contribution in [2.75, 3.05) is 0 Å². The molecule has 0 aromatic carbocycles. The normalized spacial score (nSPS) is 27.8. The van der Waals surface area contributed by atoms with Crippen LogP contribution in [0.1, 0.15) is 19.8 Å². The minimum atomic E-state index is 0.434. The molecule has 1 fully saturated rings. The third kappa shape index (κ3) is 1.58. The lowest BCUT2D eigenvalue weighted by Gasteiger charge is -2.32. The first-order valence-corrected chi connectivity index (χ1v) is 4.41. The zero-order chi connectivity index (χ0) is 8.39. The van der Waals surface area contributed by atoms with Crippen molar-refractivity contribution < 1.29 is 4.74 Å². The molecule has 0 amide bonds. The molecule has 2 rings (SSSR count). The van der Waals surface area contributed by atoms with E-state index in [1.165, 1.54) is 12.8 Å². The second-order valence-electron chi connectivity index (χ2n) is 3.51. The van der Waals surface area contributed by atoms with Crippen molar-refractivity contribution in [3.63, 3.8) is 0 Å². The summed E-state index contributed by atoms with van der Waals surface area (Å²) in [6.45, 7) is 2.25. The first-order valence-electron chi connectivity index (χ1n) is 4.41. The summed E-state index contributed by atoms with van der Waals surface area (Å²) in [6.07, 6.45) is 6.34. The van der Waals surface area contributed by atoms with Gasteiger partial charge in [-0.15, -0.1) is 0 Å². The molecule has 0 saturated heterocycles. The van der Waals surface area contributed by atoms with Crippen LogP contribution in [-0.4, -0.2) is 11.1 Å². The Kier molecular flexibility index (Phi) is 1.98. The van der Waals surface area contributed by atoms with E-state index in [1.54, 1.807) is 12.4 Å². The van der Waals surface area contributed by atoms with Crippen LogP contribution in [0.15, 0.2) is 24.5 Å². The number of ether oxygens (including phenoxy) is 1. The van der Waals surface area contributed by atoms with Crippen LogP contribution in [0.5, 0.6) is 5.75 Å². The van der Waals surface area contributed by atoms with E-state index in [9.17, 15) is 0 Å². The highest BCUT2D eigenvalue weighted by molar-refractivity contribution is 5.16. The van der Waals surface area contributed by atoms with Crippen LogP contribution >= 0.6 is 0 Å². The lowest BCUT2D eigenvalue weighted by atomic mass is 9.84. The Labute approximate surface area is 72.6 Å². The summed E-state index contributed by atoms with van der Waals surface area (Å²) in [5, 5.41) is 0. The Morgan fingerprint density at radius 3 is 2.92 bits per heavy atom. The van der Waals surface area contributed by atoms with E-state index in [0.29, 0.717) is 6.10 Å². The van der Waals surface area contributed by atoms with E-state index >= 15 is 0 Å². The van der Waals surface area contributed by atoms with Crippen molar-refractivity contribution in [1.29, 1.82) is 0 Å². The molecular formula is C10H13NO. The van der Waals surface area contributed by atoms with Crippen LogP contribution in [0.3, 0.4) is 0 Å². The summed E-state index contributed by atoms with van der Waals surface area (Å²) in [5.41, 5.74) is 0. The Bertz CT molecular complexity index is 241. The molecule has 1 aromatic rings. The Morgan fingerprint density at radius 1 is 1.50 bits per heavy atom. The number of pyridine rings is 1. The minimum absolute atomic E-state index is 0.434. The van der Waals surface area contributed by atoms with Crippen molar-refractivity contribution in [3.8, 4) is 5.75 Å². The number of hydrogen-bond acceptors (Lipinski definition) is 2. The average molecular weight is 163 g/mol. The molecule has 2 nitrogen and oxygen atoms in total. The molecule has 2 heteroatoms. The van der Waals surface area contributed by atoms with Crippen LogP contribution in [0.25, 0.3) is 0 Å². The summed E-state index contributed by atoms with van der Waals surface area (Å²) >= 11 is 0. The van der Waals surface area contributed by atoms with Gasteiger partial charge in [-0.1, -0.05) is 6.92 Å². The fourth-order valence-corrected chi connectivity index (χ4v) is 1.53. The van der Waals surface area contributed by atoms with Gasteiger partial charge in [0.2, 0.25) is 0 Å². The predicted octanol–water partition coefficient (Wildman–Crippen LogP) is 2.26. The molecule has 1 aliphatic carbocycles. The second-order valence-corrected chi connectivity index (χ2v) is 3.51. The third-order valence-electron chi connectivity index (χ3n) is 2.27. The van der Waals surface area contributed by atoms with Gasteiger partial charge in [0.15, 0.2) is 0 Å². The molecule has 1 heterocycles. The molecule has 1 saturated carbocycles. The fraction of sp³-hybridized carbons (Fsp3) is 0.500. The fourth-order valence-electron chi connectivity index (χ4n) is 1.53. The summed E-state index contributed by atoms with van der Waals surface area (Å²) in [4.78, 5) is 3.99. The van der Waals surface area contributed by atoms with Gasteiger partial charge in [-0.25, -0.2) is 0 Å². The van der Waals surface area contributed by atoms with Gasteiger partial charge in [-0.3, -0.25) is 4.98 Å². The lowest BCUT2D eigenvalue weighted by Crippen LogP contribution is -2.31. The van der Waals surface area contributed by atoms with Gasteiger partial charge in [0.05, 0.1) is 12.3 Å². The number of nitrogens with zero attached hydrogens (tertiary/aromatic N) is 1. The smallest absolute Gasteiger partial charge is 0.137 e. The molecule has 0 unspecified atom stereocenters. The summed E-state index contributed by atoms with van der Waals surface area (Å²) in [6, 6.07) is 3.85. The molecule has 0 spiro atoms. The van der Waals surface area contributed by atoms with Crippen LogP contribution < -0.4 is 4.74 Å². The topological polar surface area (TPSA) is 22.1 Å². The van der Waals surface area contributed by atoms with Gasteiger partial charge >= 0.3 is 0 Å². The van der Waals surface area contributed by atoms with Crippen molar-refractivity contribution in [3.05, 3.63) is 24.5 Å². The highest BCUT2D eigenvalue weighted by Crippen LogP contribution is 2.30. The number of rotatable bonds is 2. The molecule has 1 aromatic heterocycles. The van der Waals surface area contributed by atoms with E-state index in [4.69, 9.17) is 4.74 Å².